The summed E-state index contributed by atoms with van der Waals surface area (Å²) in [6.45, 7) is 5.31. The Bertz CT molecular complexity index is 804. The summed E-state index contributed by atoms with van der Waals surface area (Å²) in [7, 11) is 1.72. The minimum absolute atomic E-state index is 0.00197. The Morgan fingerprint density at radius 1 is 0.929 bits per heavy atom. The highest BCUT2D eigenvalue weighted by Crippen LogP contribution is 2.47. The quantitative estimate of drug-likeness (QED) is 0.800. The van der Waals surface area contributed by atoms with Crippen LogP contribution in [0.3, 0.4) is 0 Å². The lowest BCUT2D eigenvalue weighted by molar-refractivity contribution is -0.0777. The van der Waals surface area contributed by atoms with E-state index in [4.69, 9.17) is 9.47 Å². The highest BCUT2D eigenvalue weighted by atomic mass is 16.5. The number of ether oxygens (including phenoxy) is 2. The number of hydrogen-bond acceptors (Lipinski definition) is 4. The number of methoxy groups -OCH3 is 1. The van der Waals surface area contributed by atoms with Crippen LogP contribution in [-0.2, 0) is 16.9 Å². The molecule has 2 aliphatic heterocycles. The summed E-state index contributed by atoms with van der Waals surface area (Å²) in [6.07, 6.45) is 4.81. The summed E-state index contributed by atoms with van der Waals surface area (Å²) in [4.78, 5) is 5.21. The van der Waals surface area contributed by atoms with Crippen LogP contribution in [0, 0.1) is 0 Å². The van der Waals surface area contributed by atoms with Gasteiger partial charge < -0.3 is 14.4 Å². The maximum Gasteiger partial charge on any atom is 0.119 e. The molecule has 28 heavy (non-hydrogen) atoms. The van der Waals surface area contributed by atoms with Crippen molar-refractivity contribution in [2.75, 3.05) is 38.2 Å². The molecule has 2 heterocycles. The smallest absolute Gasteiger partial charge is 0.119 e. The molecule has 0 radical (unpaired) electrons. The van der Waals surface area contributed by atoms with Crippen molar-refractivity contribution in [3.05, 3.63) is 59.7 Å². The van der Waals surface area contributed by atoms with E-state index in [1.165, 1.54) is 29.7 Å². The van der Waals surface area contributed by atoms with E-state index in [1.807, 2.05) is 0 Å². The molecule has 2 aromatic rings. The third-order valence-electron chi connectivity index (χ3n) is 7.04. The fourth-order valence-electron chi connectivity index (χ4n) is 5.37. The van der Waals surface area contributed by atoms with Crippen LogP contribution in [0.5, 0.6) is 5.75 Å². The van der Waals surface area contributed by atoms with E-state index in [0.29, 0.717) is 6.04 Å². The normalized spacial score (nSPS) is 27.8. The largest absolute Gasteiger partial charge is 0.497 e. The minimum atomic E-state index is -0.00197. The summed E-state index contributed by atoms with van der Waals surface area (Å²) in [5, 5.41) is 0. The second-order valence-electron chi connectivity index (χ2n) is 8.39. The van der Waals surface area contributed by atoms with Gasteiger partial charge in [0.1, 0.15) is 5.75 Å². The third-order valence-corrected chi connectivity index (χ3v) is 7.04. The Morgan fingerprint density at radius 2 is 1.64 bits per heavy atom. The lowest BCUT2D eigenvalue weighted by Crippen LogP contribution is -2.52. The molecular weight excluding hydrogens is 348 g/mol. The van der Waals surface area contributed by atoms with Crippen molar-refractivity contribution in [3.8, 4) is 5.75 Å². The van der Waals surface area contributed by atoms with Gasteiger partial charge in [0, 0.05) is 37.9 Å². The predicted octanol–water partition coefficient (Wildman–Crippen LogP) is 4.19. The molecule has 5 rings (SSSR count). The molecule has 0 aromatic heterocycles. The Morgan fingerprint density at radius 3 is 2.36 bits per heavy atom. The zero-order chi connectivity index (χ0) is 19.0. The molecular formula is C24H30N2O2. The molecule has 1 spiro atoms. The van der Waals surface area contributed by atoms with Gasteiger partial charge in [0.25, 0.3) is 0 Å². The van der Waals surface area contributed by atoms with Crippen LogP contribution < -0.4 is 9.64 Å². The monoisotopic (exact) mass is 378 g/mol. The first-order valence-corrected chi connectivity index (χ1v) is 10.6. The number of anilines is 1. The summed E-state index contributed by atoms with van der Waals surface area (Å²) in [5.41, 5.74) is 4.16. The minimum Gasteiger partial charge on any atom is -0.497 e. The molecule has 0 amide bonds. The van der Waals surface area contributed by atoms with Crippen molar-refractivity contribution in [3.63, 3.8) is 0 Å². The highest BCUT2D eigenvalue weighted by molar-refractivity contribution is 5.49. The van der Waals surface area contributed by atoms with Crippen molar-refractivity contribution in [2.24, 2.45) is 0 Å². The van der Waals surface area contributed by atoms with Crippen molar-refractivity contribution in [2.45, 2.75) is 43.9 Å². The van der Waals surface area contributed by atoms with E-state index >= 15 is 0 Å². The lowest BCUT2D eigenvalue weighted by atomic mass is 9.77. The van der Waals surface area contributed by atoms with Crippen LogP contribution in [0.15, 0.2) is 48.5 Å². The lowest BCUT2D eigenvalue weighted by Gasteiger charge is -2.45. The van der Waals surface area contributed by atoms with Gasteiger partial charge >= 0.3 is 0 Å². The van der Waals surface area contributed by atoms with Crippen LogP contribution in [0.2, 0.25) is 0 Å². The van der Waals surface area contributed by atoms with Gasteiger partial charge in [0.05, 0.1) is 19.3 Å². The van der Waals surface area contributed by atoms with Crippen molar-refractivity contribution >= 4 is 5.69 Å². The molecule has 1 saturated heterocycles. The van der Waals surface area contributed by atoms with Gasteiger partial charge in [-0.15, -0.1) is 0 Å². The van der Waals surface area contributed by atoms with Gasteiger partial charge in [-0.25, -0.2) is 0 Å². The van der Waals surface area contributed by atoms with E-state index in [9.17, 15) is 0 Å². The third kappa shape index (κ3) is 3.19. The molecule has 0 bridgehead atoms. The Kier molecular flexibility index (Phi) is 4.77. The molecule has 0 unspecified atom stereocenters. The number of fused-ring (bicyclic) bond motifs is 2. The second kappa shape index (κ2) is 7.41. The van der Waals surface area contributed by atoms with E-state index < -0.39 is 0 Å². The van der Waals surface area contributed by atoms with Crippen molar-refractivity contribution < 1.29 is 9.47 Å². The zero-order valence-electron chi connectivity index (χ0n) is 16.8. The number of piperazine rings is 1. The van der Waals surface area contributed by atoms with Crippen LogP contribution in [0.4, 0.5) is 5.69 Å². The SMILES string of the molecule is COc1ccc(N2CCN(C3CCC4(CC3)OCc3ccccc34)CC2)cc1. The fourth-order valence-corrected chi connectivity index (χ4v) is 5.37. The Hall–Kier alpha value is -2.04. The van der Waals surface area contributed by atoms with Crippen molar-refractivity contribution in [1.29, 1.82) is 0 Å². The molecule has 2 fully saturated rings. The van der Waals surface area contributed by atoms with Gasteiger partial charge in [0.15, 0.2) is 0 Å². The first kappa shape index (κ1) is 18.0. The van der Waals surface area contributed by atoms with Crippen LogP contribution in [-0.4, -0.2) is 44.2 Å². The Balaban J connectivity index is 1.17. The standard InChI is InChI=1S/C24H30N2O2/c1-27-22-8-6-20(7-9-22)25-14-16-26(17-15-25)21-10-12-24(13-11-21)23-5-3-2-4-19(23)18-28-24/h2-9,21H,10-18H2,1H3. The first-order chi connectivity index (χ1) is 13.8. The first-order valence-electron chi connectivity index (χ1n) is 10.6. The molecule has 4 nitrogen and oxygen atoms in total. The maximum absolute atomic E-state index is 6.34. The number of hydrogen-bond donors (Lipinski definition) is 0. The van der Waals surface area contributed by atoms with Gasteiger partial charge in [-0.05, 0) is 61.1 Å². The molecule has 0 N–H and O–H groups in total. The summed E-state index contributed by atoms with van der Waals surface area (Å²) < 4.78 is 11.6. The van der Waals surface area contributed by atoms with Gasteiger partial charge in [-0.2, -0.15) is 0 Å². The Labute approximate surface area is 168 Å². The average Bonchev–Trinajstić information content (AvgIpc) is 3.13. The fraction of sp³-hybridized carbons (Fsp3) is 0.500. The van der Waals surface area contributed by atoms with Crippen LogP contribution in [0.25, 0.3) is 0 Å². The molecule has 4 heteroatoms. The predicted molar refractivity (Wildman–Crippen MR) is 112 cm³/mol. The van der Waals surface area contributed by atoms with E-state index in [-0.39, 0.29) is 5.60 Å². The van der Waals surface area contributed by atoms with Crippen LogP contribution in [0.1, 0.15) is 36.8 Å². The van der Waals surface area contributed by atoms with Gasteiger partial charge in [-0.1, -0.05) is 24.3 Å². The summed E-state index contributed by atoms with van der Waals surface area (Å²) in [6, 6.07) is 18.0. The highest BCUT2D eigenvalue weighted by Gasteiger charge is 2.43. The summed E-state index contributed by atoms with van der Waals surface area (Å²) >= 11 is 0. The second-order valence-corrected chi connectivity index (χ2v) is 8.39. The number of benzene rings is 2. The molecule has 0 atom stereocenters. The van der Waals surface area contributed by atoms with E-state index in [1.54, 1.807) is 7.11 Å². The average molecular weight is 379 g/mol. The molecule has 148 valence electrons. The molecule has 1 aliphatic carbocycles. The molecule has 1 saturated carbocycles. The van der Waals surface area contributed by atoms with E-state index in [0.717, 1.165) is 51.4 Å². The zero-order valence-corrected chi connectivity index (χ0v) is 16.8. The maximum atomic E-state index is 6.34. The van der Waals surface area contributed by atoms with Crippen LogP contribution >= 0.6 is 0 Å². The van der Waals surface area contributed by atoms with Crippen molar-refractivity contribution in [1.82, 2.24) is 4.90 Å². The number of rotatable bonds is 3. The van der Waals surface area contributed by atoms with E-state index in [2.05, 4.69) is 58.3 Å². The summed E-state index contributed by atoms with van der Waals surface area (Å²) in [5.74, 6) is 0.925. The molecule has 3 aliphatic rings. The molecule has 2 aromatic carbocycles. The van der Waals surface area contributed by atoms with Gasteiger partial charge in [0.2, 0.25) is 0 Å². The number of nitrogens with zero attached hydrogens (tertiary/aromatic N) is 2. The van der Waals surface area contributed by atoms with Gasteiger partial charge in [-0.3, -0.25) is 4.90 Å². The topological polar surface area (TPSA) is 24.9 Å².